The van der Waals surface area contributed by atoms with E-state index in [1.54, 1.807) is 77.7 Å². The van der Waals surface area contributed by atoms with Crippen molar-refractivity contribution < 1.29 is 23.2 Å². The quantitative estimate of drug-likeness (QED) is 0.281. The van der Waals surface area contributed by atoms with Crippen LogP contribution in [0.1, 0.15) is 36.8 Å². The second-order valence-corrected chi connectivity index (χ2v) is 12.5. The summed E-state index contributed by atoms with van der Waals surface area (Å²) in [6.07, 6.45) is 2.95. The number of carbonyl (C=O) groups is 2. The SMILES string of the molecule is C=C1CCCc2ccccc2N1C1=C(C(=O)N(C)C2CCN(C)CC2)C(F)(F)C(=C=O)C(c2ccccc2)=C1C(=O)Nc1ccccc1.Cl. The zero-order valence-corrected chi connectivity index (χ0v) is 28.4. The van der Waals surface area contributed by atoms with E-state index in [9.17, 15) is 14.4 Å². The Morgan fingerprint density at radius 2 is 1.55 bits per heavy atom. The third-order valence-corrected chi connectivity index (χ3v) is 9.48. The molecule has 1 fully saturated rings. The molecule has 7 nitrogen and oxygen atoms in total. The third kappa shape index (κ3) is 6.75. The first-order valence-corrected chi connectivity index (χ1v) is 16.2. The van der Waals surface area contributed by atoms with Crippen molar-refractivity contribution in [3.8, 4) is 0 Å². The molecule has 2 amide bonds. The number of piperidine rings is 1. The third-order valence-electron chi connectivity index (χ3n) is 9.48. The average Bonchev–Trinajstić information content (AvgIpc) is 3.25. The molecule has 0 unspecified atom stereocenters. The van der Waals surface area contributed by atoms with Crippen molar-refractivity contribution in [1.82, 2.24) is 9.80 Å². The molecule has 0 aromatic heterocycles. The minimum absolute atomic E-state index is 0. The number of alkyl halides is 2. The summed E-state index contributed by atoms with van der Waals surface area (Å²) >= 11 is 0. The second-order valence-electron chi connectivity index (χ2n) is 12.5. The van der Waals surface area contributed by atoms with E-state index < -0.39 is 28.9 Å². The van der Waals surface area contributed by atoms with Crippen LogP contribution >= 0.6 is 12.4 Å². The Morgan fingerprint density at radius 3 is 2.20 bits per heavy atom. The largest absolute Gasteiger partial charge is 0.339 e. The number of nitrogens with one attached hydrogen (secondary N) is 1. The van der Waals surface area contributed by atoms with Crippen LogP contribution in [0.3, 0.4) is 0 Å². The fourth-order valence-electron chi connectivity index (χ4n) is 6.91. The van der Waals surface area contributed by atoms with Crippen LogP contribution in [0.25, 0.3) is 5.57 Å². The standard InChI is InChI=1S/C39H38F2N4O3.ClH/c1-26-13-12-17-27-14-10-11-20-32(27)45(26)36-34(37(47)42-29-18-8-5-9-19-29)33(28-15-6-4-7-16-28)31(25-46)39(40,41)35(36)38(48)44(3)30-21-23-43(2)24-22-30;/h4-11,14-16,18-20,30H,1,12-13,17,21-24H2,2-3H3,(H,42,47);1H. The maximum absolute atomic E-state index is 17.3. The Labute approximate surface area is 291 Å². The van der Waals surface area contributed by atoms with Crippen LogP contribution in [-0.2, 0) is 20.8 Å². The molecule has 2 aliphatic heterocycles. The minimum Gasteiger partial charge on any atom is -0.339 e. The van der Waals surface area contributed by atoms with Crippen LogP contribution in [0.2, 0.25) is 0 Å². The second kappa shape index (κ2) is 14.7. The lowest BCUT2D eigenvalue weighted by atomic mass is 9.78. The Kier molecular flexibility index (Phi) is 10.7. The predicted octanol–water partition coefficient (Wildman–Crippen LogP) is 7.07. The number of nitrogens with zero attached hydrogens (tertiary/aromatic N) is 3. The van der Waals surface area contributed by atoms with E-state index in [1.807, 2.05) is 19.2 Å². The van der Waals surface area contributed by atoms with Crippen LogP contribution in [0.15, 0.2) is 120 Å². The summed E-state index contributed by atoms with van der Waals surface area (Å²) in [5.41, 5.74) is -0.305. The van der Waals surface area contributed by atoms with Gasteiger partial charge in [-0.25, -0.2) is 4.79 Å². The highest BCUT2D eigenvalue weighted by Gasteiger charge is 2.55. The molecule has 0 atom stereocenters. The van der Waals surface area contributed by atoms with Crippen molar-refractivity contribution in [2.75, 3.05) is 37.4 Å². The van der Waals surface area contributed by atoms with Crippen LogP contribution in [-0.4, -0.2) is 66.7 Å². The fourth-order valence-corrected chi connectivity index (χ4v) is 6.91. The summed E-state index contributed by atoms with van der Waals surface area (Å²) in [7, 11) is 3.50. The number of hydrogen-bond acceptors (Lipinski definition) is 5. The van der Waals surface area contributed by atoms with Crippen molar-refractivity contribution in [2.24, 2.45) is 0 Å². The number of likely N-dealkylation sites (tertiary alicyclic amines) is 1. The molecule has 10 heteroatoms. The molecule has 1 N–H and O–H groups in total. The molecule has 2 heterocycles. The maximum atomic E-state index is 17.3. The Hall–Kier alpha value is -4.82. The molecule has 0 radical (unpaired) electrons. The van der Waals surface area contributed by atoms with Crippen molar-refractivity contribution in [3.63, 3.8) is 0 Å². The zero-order valence-electron chi connectivity index (χ0n) is 27.5. The van der Waals surface area contributed by atoms with Crippen LogP contribution < -0.4 is 10.2 Å². The number of carbonyl (C=O) groups excluding carboxylic acids is 3. The lowest BCUT2D eigenvalue weighted by molar-refractivity contribution is -0.131. The maximum Gasteiger partial charge on any atom is 0.316 e. The van der Waals surface area contributed by atoms with Gasteiger partial charge in [-0.15, -0.1) is 12.4 Å². The number of halogens is 3. The van der Waals surface area contributed by atoms with Gasteiger partial charge in [0.2, 0.25) is 0 Å². The van der Waals surface area contributed by atoms with Crippen LogP contribution in [0, 0.1) is 0 Å². The van der Waals surface area contributed by atoms with Gasteiger partial charge in [0.05, 0.1) is 11.3 Å². The van der Waals surface area contributed by atoms with E-state index in [2.05, 4.69) is 16.8 Å². The van der Waals surface area contributed by atoms with Crippen LogP contribution in [0.4, 0.5) is 20.2 Å². The number of fused-ring (bicyclic) bond motifs is 1. The number of rotatable bonds is 6. The van der Waals surface area contributed by atoms with Gasteiger partial charge in [0.15, 0.2) is 0 Å². The van der Waals surface area contributed by atoms with Gasteiger partial charge in [0.1, 0.15) is 17.1 Å². The molecular weight excluding hydrogens is 646 g/mol. The minimum atomic E-state index is -4.11. The van der Waals surface area contributed by atoms with Crippen molar-refractivity contribution in [1.29, 1.82) is 0 Å². The van der Waals surface area contributed by atoms with E-state index in [0.29, 0.717) is 62.3 Å². The van der Waals surface area contributed by atoms with Gasteiger partial charge < -0.3 is 20.0 Å². The highest BCUT2D eigenvalue weighted by Crippen LogP contribution is 2.52. The molecule has 6 rings (SSSR count). The first-order chi connectivity index (χ1) is 23.1. The smallest absolute Gasteiger partial charge is 0.316 e. The van der Waals surface area contributed by atoms with E-state index in [-0.39, 0.29) is 40.9 Å². The molecule has 3 aromatic rings. The fraction of sp³-hybridized carbons (Fsp3) is 0.282. The Bertz CT molecular complexity index is 1860. The number of likely N-dealkylation sites (N-methyl/N-ethyl adjacent to an activating group) is 1. The highest BCUT2D eigenvalue weighted by molar-refractivity contribution is 6.20. The highest BCUT2D eigenvalue weighted by atomic mass is 35.5. The first kappa shape index (κ1) is 35.5. The lowest BCUT2D eigenvalue weighted by Crippen LogP contribution is -2.49. The normalized spacial score (nSPS) is 18.2. The summed E-state index contributed by atoms with van der Waals surface area (Å²) in [5.74, 6) is -4.33. The van der Waals surface area contributed by atoms with Crippen molar-refractivity contribution in [3.05, 3.63) is 131 Å². The Morgan fingerprint density at radius 1 is 0.939 bits per heavy atom. The molecule has 1 saturated heterocycles. The number of anilines is 2. The van der Waals surface area contributed by atoms with Gasteiger partial charge in [-0.3, -0.25) is 9.59 Å². The van der Waals surface area contributed by atoms with E-state index >= 15 is 8.78 Å². The monoisotopic (exact) mass is 684 g/mol. The Balaban J connectivity index is 0.00000468. The molecular formula is C39H39ClF2N4O3. The average molecular weight is 685 g/mol. The van der Waals surface area contributed by atoms with Gasteiger partial charge in [-0.2, -0.15) is 8.78 Å². The van der Waals surface area contributed by atoms with E-state index in [4.69, 9.17) is 0 Å². The number of benzene rings is 3. The summed E-state index contributed by atoms with van der Waals surface area (Å²) in [6.45, 7) is 5.70. The van der Waals surface area contributed by atoms with Gasteiger partial charge >= 0.3 is 5.92 Å². The number of para-hydroxylation sites is 2. The first-order valence-electron chi connectivity index (χ1n) is 16.2. The molecule has 3 aliphatic rings. The van der Waals surface area contributed by atoms with Gasteiger partial charge in [0.25, 0.3) is 11.8 Å². The number of aryl methyl sites for hydroxylation is 1. The summed E-state index contributed by atoms with van der Waals surface area (Å²) in [4.78, 5) is 47.2. The van der Waals surface area contributed by atoms with Gasteiger partial charge in [0, 0.05) is 35.7 Å². The van der Waals surface area contributed by atoms with E-state index in [1.165, 1.54) is 17.9 Å². The summed E-state index contributed by atoms with van der Waals surface area (Å²) in [6, 6.07) is 23.8. The number of allylic oxidation sites excluding steroid dienone is 3. The molecule has 0 saturated carbocycles. The molecule has 49 heavy (non-hydrogen) atoms. The summed E-state index contributed by atoms with van der Waals surface area (Å²) in [5, 5.41) is 2.86. The molecule has 1 aliphatic carbocycles. The molecule has 0 bridgehead atoms. The summed E-state index contributed by atoms with van der Waals surface area (Å²) < 4.78 is 34.7. The number of hydrogen-bond donors (Lipinski definition) is 1. The molecule has 0 spiro atoms. The van der Waals surface area contributed by atoms with Gasteiger partial charge in [-0.05, 0) is 81.6 Å². The van der Waals surface area contributed by atoms with Gasteiger partial charge in [-0.1, -0.05) is 73.3 Å². The van der Waals surface area contributed by atoms with Crippen molar-refractivity contribution >= 4 is 47.1 Å². The van der Waals surface area contributed by atoms with E-state index in [0.717, 1.165) is 5.56 Å². The molecule has 254 valence electrons. The lowest BCUT2D eigenvalue weighted by Gasteiger charge is -2.41. The van der Waals surface area contributed by atoms with Crippen LogP contribution in [0.5, 0.6) is 0 Å². The zero-order chi connectivity index (χ0) is 34.0. The van der Waals surface area contributed by atoms with Crippen molar-refractivity contribution in [2.45, 2.75) is 44.1 Å². The molecule has 3 aromatic carbocycles. The predicted molar refractivity (Wildman–Crippen MR) is 191 cm³/mol. The number of amides is 2. The topological polar surface area (TPSA) is 73.0 Å².